The maximum absolute atomic E-state index is 11.8. The molecule has 1 atom stereocenters. The molecule has 0 aliphatic carbocycles. The number of nitrogens with one attached hydrogen (secondary N) is 1. The minimum absolute atomic E-state index is 0.282. The Kier molecular flexibility index (Phi) is 5.18. The van der Waals surface area contributed by atoms with Gasteiger partial charge in [0.15, 0.2) is 0 Å². The zero-order valence-corrected chi connectivity index (χ0v) is 12.2. The van der Waals surface area contributed by atoms with Crippen LogP contribution in [0.25, 0.3) is 0 Å². The third-order valence-electron chi connectivity index (χ3n) is 3.25. The molecule has 0 saturated heterocycles. The first-order valence-electron chi connectivity index (χ1n) is 6.09. The van der Waals surface area contributed by atoms with Crippen LogP contribution in [0.2, 0.25) is 0 Å². The zero-order valence-electron chi connectivity index (χ0n) is 12.2. The lowest BCUT2D eigenvalue weighted by atomic mass is 10.0. The molecule has 1 N–H and O–H groups in total. The predicted molar refractivity (Wildman–Crippen MR) is 75.7 cm³/mol. The van der Waals surface area contributed by atoms with E-state index < -0.39 is 5.54 Å². The predicted octanol–water partition coefficient (Wildman–Crippen LogP) is 1.28. The van der Waals surface area contributed by atoms with Crippen molar-refractivity contribution in [1.29, 1.82) is 0 Å². The molecule has 0 bridgehead atoms. The first-order valence-corrected chi connectivity index (χ1v) is 6.09. The average molecular weight is 266 g/mol. The molecule has 1 aromatic rings. The van der Waals surface area contributed by atoms with E-state index in [1.165, 1.54) is 7.11 Å². The normalized spacial score (nSPS) is 13.5. The van der Waals surface area contributed by atoms with Gasteiger partial charge in [-0.15, -0.1) is 0 Å². The van der Waals surface area contributed by atoms with Gasteiger partial charge in [0, 0.05) is 19.3 Å². The molecule has 0 amide bonds. The molecule has 0 aromatic heterocycles. The van der Waals surface area contributed by atoms with Gasteiger partial charge in [-0.1, -0.05) is 0 Å². The third kappa shape index (κ3) is 3.61. The Morgan fingerprint density at radius 3 is 2.32 bits per heavy atom. The van der Waals surface area contributed by atoms with Crippen LogP contribution in [0.15, 0.2) is 24.3 Å². The number of benzene rings is 1. The van der Waals surface area contributed by atoms with Crippen LogP contribution < -0.4 is 15.0 Å². The summed E-state index contributed by atoms with van der Waals surface area (Å²) in [5.41, 5.74) is 0.259. The Balaban J connectivity index is 2.81. The van der Waals surface area contributed by atoms with Gasteiger partial charge in [0.05, 0.1) is 14.2 Å². The number of hydrogen-bond donors (Lipinski definition) is 1. The maximum atomic E-state index is 11.8. The highest BCUT2D eigenvalue weighted by Crippen LogP contribution is 2.20. The Labute approximate surface area is 114 Å². The number of esters is 1. The quantitative estimate of drug-likeness (QED) is 0.786. The topological polar surface area (TPSA) is 50.8 Å². The molecule has 1 aromatic carbocycles. The minimum Gasteiger partial charge on any atom is -0.497 e. The first kappa shape index (κ1) is 15.3. The van der Waals surface area contributed by atoms with Gasteiger partial charge in [-0.2, -0.15) is 0 Å². The largest absolute Gasteiger partial charge is 0.497 e. The molecule has 5 heteroatoms. The molecule has 106 valence electrons. The highest BCUT2D eigenvalue weighted by Gasteiger charge is 2.34. The summed E-state index contributed by atoms with van der Waals surface area (Å²) in [5.74, 6) is 0.525. The minimum atomic E-state index is -0.747. The molecule has 0 radical (unpaired) electrons. The highest BCUT2D eigenvalue weighted by molar-refractivity contribution is 5.81. The second-order valence-corrected chi connectivity index (χ2v) is 4.63. The van der Waals surface area contributed by atoms with Crippen molar-refractivity contribution in [2.75, 3.05) is 39.8 Å². The molecule has 19 heavy (non-hydrogen) atoms. The number of methoxy groups -OCH3 is 2. The van der Waals surface area contributed by atoms with E-state index in [0.717, 1.165) is 11.4 Å². The summed E-state index contributed by atoms with van der Waals surface area (Å²) in [5, 5.41) is 3.01. The van der Waals surface area contributed by atoms with Crippen LogP contribution in [0, 0.1) is 0 Å². The van der Waals surface area contributed by atoms with Crippen molar-refractivity contribution in [2.45, 2.75) is 12.5 Å². The number of nitrogens with zero attached hydrogens (tertiary/aromatic N) is 1. The van der Waals surface area contributed by atoms with Crippen LogP contribution in [-0.4, -0.2) is 46.4 Å². The number of rotatable bonds is 6. The smallest absolute Gasteiger partial charge is 0.327 e. The summed E-state index contributed by atoms with van der Waals surface area (Å²) in [6, 6.07) is 7.68. The zero-order chi connectivity index (χ0) is 14.5. The number of carbonyl (C=O) groups excluding carboxylic acids is 1. The number of carbonyl (C=O) groups is 1. The molecule has 0 aliphatic heterocycles. The lowest BCUT2D eigenvalue weighted by molar-refractivity contribution is -0.147. The maximum Gasteiger partial charge on any atom is 0.327 e. The highest BCUT2D eigenvalue weighted by atomic mass is 16.5. The van der Waals surface area contributed by atoms with Crippen molar-refractivity contribution >= 4 is 11.7 Å². The molecular formula is C14H22N2O3. The standard InChI is InChI=1S/C14H22N2O3/c1-14(15-2,13(17)19-5)10-16(3)11-6-8-12(18-4)9-7-11/h6-9,15H,10H2,1-5H3. The molecular weight excluding hydrogens is 244 g/mol. The van der Waals surface area contributed by atoms with Crippen LogP contribution in [0.3, 0.4) is 0 Å². The van der Waals surface area contributed by atoms with Crippen molar-refractivity contribution in [3.05, 3.63) is 24.3 Å². The van der Waals surface area contributed by atoms with E-state index in [2.05, 4.69) is 5.32 Å². The molecule has 0 heterocycles. The second kappa shape index (κ2) is 6.43. The summed E-state index contributed by atoms with van der Waals surface area (Å²) in [6.45, 7) is 2.32. The van der Waals surface area contributed by atoms with Gasteiger partial charge in [0.25, 0.3) is 0 Å². The van der Waals surface area contributed by atoms with Gasteiger partial charge >= 0.3 is 5.97 Å². The molecule has 1 unspecified atom stereocenters. The van der Waals surface area contributed by atoms with Crippen molar-refractivity contribution < 1.29 is 14.3 Å². The van der Waals surface area contributed by atoms with Crippen LogP contribution >= 0.6 is 0 Å². The van der Waals surface area contributed by atoms with E-state index in [9.17, 15) is 4.79 Å². The lowest BCUT2D eigenvalue weighted by Gasteiger charge is -2.32. The van der Waals surface area contributed by atoms with E-state index in [0.29, 0.717) is 6.54 Å². The second-order valence-electron chi connectivity index (χ2n) is 4.63. The number of hydrogen-bond acceptors (Lipinski definition) is 5. The number of anilines is 1. The number of ether oxygens (including phenoxy) is 2. The molecule has 0 aliphatic rings. The number of likely N-dealkylation sites (N-methyl/N-ethyl adjacent to an activating group) is 2. The van der Waals surface area contributed by atoms with E-state index in [-0.39, 0.29) is 5.97 Å². The van der Waals surface area contributed by atoms with Gasteiger partial charge in [-0.25, -0.2) is 4.79 Å². The van der Waals surface area contributed by atoms with Gasteiger partial charge in [0.1, 0.15) is 11.3 Å². The molecule has 1 rings (SSSR count). The van der Waals surface area contributed by atoms with Crippen molar-refractivity contribution in [3.8, 4) is 5.75 Å². The fraction of sp³-hybridized carbons (Fsp3) is 0.500. The third-order valence-corrected chi connectivity index (χ3v) is 3.25. The van der Waals surface area contributed by atoms with Crippen molar-refractivity contribution in [3.63, 3.8) is 0 Å². The van der Waals surface area contributed by atoms with E-state index >= 15 is 0 Å². The Morgan fingerprint density at radius 1 is 1.32 bits per heavy atom. The van der Waals surface area contributed by atoms with Crippen LogP contribution in [-0.2, 0) is 9.53 Å². The summed E-state index contributed by atoms with van der Waals surface area (Å²) < 4.78 is 9.95. The van der Waals surface area contributed by atoms with E-state index in [1.54, 1.807) is 14.2 Å². The van der Waals surface area contributed by atoms with Gasteiger partial charge in [-0.05, 0) is 38.2 Å². The van der Waals surface area contributed by atoms with Gasteiger partial charge in [-0.3, -0.25) is 0 Å². The monoisotopic (exact) mass is 266 g/mol. The van der Waals surface area contributed by atoms with Crippen LogP contribution in [0.1, 0.15) is 6.92 Å². The summed E-state index contributed by atoms with van der Waals surface area (Å²) in [4.78, 5) is 13.8. The Morgan fingerprint density at radius 2 is 1.89 bits per heavy atom. The van der Waals surface area contributed by atoms with Crippen LogP contribution in [0.5, 0.6) is 5.75 Å². The summed E-state index contributed by atoms with van der Waals surface area (Å²) >= 11 is 0. The van der Waals surface area contributed by atoms with Gasteiger partial charge < -0.3 is 19.7 Å². The SMILES string of the molecule is CNC(C)(CN(C)c1ccc(OC)cc1)C(=O)OC. The molecule has 5 nitrogen and oxygen atoms in total. The van der Waals surface area contributed by atoms with Gasteiger partial charge in [0.2, 0.25) is 0 Å². The molecule has 0 fully saturated rings. The lowest BCUT2D eigenvalue weighted by Crippen LogP contribution is -2.55. The van der Waals surface area contributed by atoms with E-state index in [4.69, 9.17) is 9.47 Å². The average Bonchev–Trinajstić information content (AvgIpc) is 2.46. The van der Waals surface area contributed by atoms with Crippen molar-refractivity contribution in [1.82, 2.24) is 5.32 Å². The van der Waals surface area contributed by atoms with Crippen molar-refractivity contribution in [2.24, 2.45) is 0 Å². The van der Waals surface area contributed by atoms with Crippen LogP contribution in [0.4, 0.5) is 5.69 Å². The Hall–Kier alpha value is -1.75. The fourth-order valence-electron chi connectivity index (χ4n) is 1.87. The first-order chi connectivity index (χ1) is 8.96. The molecule has 0 saturated carbocycles. The summed E-state index contributed by atoms with van der Waals surface area (Å²) in [7, 11) is 6.71. The summed E-state index contributed by atoms with van der Waals surface area (Å²) in [6.07, 6.45) is 0. The Bertz CT molecular complexity index is 419. The van der Waals surface area contributed by atoms with E-state index in [1.807, 2.05) is 43.1 Å². The fourth-order valence-corrected chi connectivity index (χ4v) is 1.87. The molecule has 0 spiro atoms.